The van der Waals surface area contributed by atoms with Crippen molar-refractivity contribution in [3.63, 3.8) is 0 Å². The van der Waals surface area contributed by atoms with Crippen molar-refractivity contribution in [1.29, 1.82) is 0 Å². The average molecular weight is 289 g/mol. The van der Waals surface area contributed by atoms with Crippen LogP contribution in [0.25, 0.3) is 11.0 Å². The third kappa shape index (κ3) is 3.10. The first kappa shape index (κ1) is 13.7. The molecule has 2 heterocycles. The van der Waals surface area contributed by atoms with E-state index in [9.17, 15) is 4.79 Å². The van der Waals surface area contributed by atoms with E-state index < -0.39 is 0 Å². The number of fused-ring (bicyclic) bond motifs is 1. The van der Waals surface area contributed by atoms with E-state index in [0.29, 0.717) is 36.4 Å². The summed E-state index contributed by atoms with van der Waals surface area (Å²) in [4.78, 5) is 22.4. The number of likely N-dealkylation sites (N-methyl/N-ethyl adjacent to an activating group) is 1. The van der Waals surface area contributed by atoms with Crippen molar-refractivity contribution in [2.45, 2.75) is 25.4 Å². The first-order chi connectivity index (χ1) is 10.0. The van der Waals surface area contributed by atoms with E-state index in [1.54, 1.807) is 10.9 Å². The highest BCUT2D eigenvalue weighted by atomic mass is 16.2. The van der Waals surface area contributed by atoms with E-state index in [1.165, 1.54) is 0 Å². The monoisotopic (exact) mass is 289 g/mol. The zero-order valence-electron chi connectivity index (χ0n) is 12.2. The molecule has 8 heteroatoms. The third-order valence-corrected chi connectivity index (χ3v) is 3.44. The quantitative estimate of drug-likeness (QED) is 0.780. The molecule has 1 aliphatic carbocycles. The van der Waals surface area contributed by atoms with E-state index in [4.69, 9.17) is 5.73 Å². The maximum atomic E-state index is 11.8. The maximum absolute atomic E-state index is 11.8. The molecule has 0 bridgehead atoms. The highest BCUT2D eigenvalue weighted by molar-refractivity contribution is 5.85. The molecule has 1 saturated carbocycles. The molecule has 2 aromatic heterocycles. The summed E-state index contributed by atoms with van der Waals surface area (Å²) in [5.74, 6) is 1.04. The summed E-state index contributed by atoms with van der Waals surface area (Å²) in [5, 5.41) is 7.82. The molecular weight excluding hydrogens is 270 g/mol. The number of anilines is 1. The van der Waals surface area contributed by atoms with Gasteiger partial charge in [-0.15, -0.1) is 0 Å². The highest BCUT2D eigenvalue weighted by Crippen LogP contribution is 2.18. The van der Waals surface area contributed by atoms with E-state index in [1.807, 2.05) is 19.0 Å². The number of carbonyl (C=O) groups excluding carboxylic acids is 1. The van der Waals surface area contributed by atoms with Gasteiger partial charge in [-0.1, -0.05) is 0 Å². The molecule has 0 aliphatic heterocycles. The van der Waals surface area contributed by atoms with E-state index >= 15 is 0 Å². The van der Waals surface area contributed by atoms with Gasteiger partial charge in [0.05, 0.1) is 24.7 Å². The Hall–Kier alpha value is -2.22. The van der Waals surface area contributed by atoms with Crippen LogP contribution in [0.15, 0.2) is 6.20 Å². The Morgan fingerprint density at radius 1 is 1.52 bits per heavy atom. The predicted octanol–water partition coefficient (Wildman–Crippen LogP) is -0.344. The number of nitrogens with two attached hydrogens (primary N) is 1. The van der Waals surface area contributed by atoms with Gasteiger partial charge in [0.25, 0.3) is 0 Å². The number of carbonyl (C=O) groups is 1. The van der Waals surface area contributed by atoms with Gasteiger partial charge in [0, 0.05) is 13.1 Å². The van der Waals surface area contributed by atoms with Gasteiger partial charge in [0.15, 0.2) is 5.65 Å². The number of hydrogen-bond donors (Lipinski definition) is 2. The molecule has 0 radical (unpaired) electrons. The van der Waals surface area contributed by atoms with Crippen LogP contribution in [0.5, 0.6) is 0 Å². The summed E-state index contributed by atoms with van der Waals surface area (Å²) in [5.41, 5.74) is 6.62. The van der Waals surface area contributed by atoms with Crippen molar-refractivity contribution in [3.05, 3.63) is 12.0 Å². The molecule has 3 rings (SSSR count). The number of aryl methyl sites for hydroxylation is 1. The van der Waals surface area contributed by atoms with Crippen LogP contribution in [0.4, 0.5) is 5.82 Å². The second kappa shape index (κ2) is 5.28. The number of amides is 1. The summed E-state index contributed by atoms with van der Waals surface area (Å²) in [6, 6.07) is 0.378. The zero-order valence-corrected chi connectivity index (χ0v) is 12.2. The Bertz CT molecular complexity index is 676. The molecule has 21 heavy (non-hydrogen) atoms. The van der Waals surface area contributed by atoms with Gasteiger partial charge < -0.3 is 11.1 Å². The zero-order chi connectivity index (χ0) is 15.0. The predicted molar refractivity (Wildman–Crippen MR) is 78.2 cm³/mol. The van der Waals surface area contributed by atoms with Crippen molar-refractivity contribution in [2.75, 3.05) is 19.3 Å². The van der Waals surface area contributed by atoms with Crippen LogP contribution in [-0.2, 0) is 18.4 Å². The lowest BCUT2D eigenvalue weighted by Crippen LogP contribution is -2.36. The summed E-state index contributed by atoms with van der Waals surface area (Å²) in [6.45, 7) is 0.784. The number of nitrogens with zero attached hydrogens (tertiary/aromatic N) is 5. The van der Waals surface area contributed by atoms with Crippen LogP contribution in [0, 0.1) is 0 Å². The Morgan fingerprint density at radius 2 is 2.29 bits per heavy atom. The number of aromatic nitrogens is 4. The fourth-order valence-electron chi connectivity index (χ4n) is 2.21. The standard InChI is InChI=1S/C13H19N7O/c1-19(7-11(21)16-8-3-4-8)6-10-17-12(14)9-5-15-20(2)13(9)18-10/h5,8H,3-4,6-7H2,1-2H3,(H,16,21)(H2,14,17,18). The van der Waals surface area contributed by atoms with Crippen molar-refractivity contribution < 1.29 is 4.79 Å². The smallest absolute Gasteiger partial charge is 0.234 e. The topological polar surface area (TPSA) is 102 Å². The Kier molecular flexibility index (Phi) is 3.46. The first-order valence-electron chi connectivity index (χ1n) is 6.95. The van der Waals surface area contributed by atoms with Crippen LogP contribution in [0.2, 0.25) is 0 Å². The number of rotatable bonds is 5. The Balaban J connectivity index is 1.68. The lowest BCUT2D eigenvalue weighted by Gasteiger charge is -2.15. The summed E-state index contributed by atoms with van der Waals surface area (Å²) in [6.07, 6.45) is 3.83. The first-order valence-corrected chi connectivity index (χ1v) is 6.95. The fraction of sp³-hybridized carbons (Fsp3) is 0.538. The molecular formula is C13H19N7O. The third-order valence-electron chi connectivity index (χ3n) is 3.44. The summed E-state index contributed by atoms with van der Waals surface area (Å²) in [7, 11) is 3.67. The minimum absolute atomic E-state index is 0.0367. The minimum atomic E-state index is 0.0367. The van der Waals surface area contributed by atoms with E-state index in [-0.39, 0.29) is 5.91 Å². The molecule has 1 aliphatic rings. The molecule has 1 fully saturated rings. The van der Waals surface area contributed by atoms with E-state index in [0.717, 1.165) is 18.2 Å². The van der Waals surface area contributed by atoms with Gasteiger partial charge in [0.2, 0.25) is 5.91 Å². The molecule has 2 aromatic rings. The molecule has 3 N–H and O–H groups in total. The van der Waals surface area contributed by atoms with E-state index in [2.05, 4.69) is 20.4 Å². The number of nitrogens with one attached hydrogen (secondary N) is 1. The van der Waals surface area contributed by atoms with Crippen LogP contribution in [-0.4, -0.2) is 50.2 Å². The molecule has 8 nitrogen and oxygen atoms in total. The number of nitrogen functional groups attached to an aromatic ring is 1. The lowest BCUT2D eigenvalue weighted by molar-refractivity contribution is -0.122. The molecule has 0 saturated heterocycles. The van der Waals surface area contributed by atoms with Crippen LogP contribution in [0.3, 0.4) is 0 Å². The van der Waals surface area contributed by atoms with Gasteiger partial charge in [-0.05, 0) is 19.9 Å². The highest BCUT2D eigenvalue weighted by Gasteiger charge is 2.23. The van der Waals surface area contributed by atoms with Crippen molar-refractivity contribution in [3.8, 4) is 0 Å². The SMILES string of the molecule is CN(CC(=O)NC1CC1)Cc1nc(N)c2cnn(C)c2n1. The Morgan fingerprint density at radius 3 is 3.00 bits per heavy atom. The average Bonchev–Trinajstić information content (AvgIpc) is 3.12. The molecule has 0 aromatic carbocycles. The van der Waals surface area contributed by atoms with Gasteiger partial charge in [-0.3, -0.25) is 14.4 Å². The summed E-state index contributed by atoms with van der Waals surface area (Å²) >= 11 is 0. The van der Waals surface area contributed by atoms with Crippen LogP contribution in [0.1, 0.15) is 18.7 Å². The second-order valence-corrected chi connectivity index (χ2v) is 5.54. The van der Waals surface area contributed by atoms with Crippen molar-refractivity contribution in [2.24, 2.45) is 7.05 Å². The lowest BCUT2D eigenvalue weighted by atomic mass is 10.3. The van der Waals surface area contributed by atoms with Gasteiger partial charge in [-0.25, -0.2) is 9.97 Å². The van der Waals surface area contributed by atoms with Crippen molar-refractivity contribution in [1.82, 2.24) is 30.0 Å². The summed E-state index contributed by atoms with van der Waals surface area (Å²) < 4.78 is 1.66. The molecule has 1 amide bonds. The van der Waals surface area contributed by atoms with Gasteiger partial charge in [0.1, 0.15) is 11.6 Å². The fourth-order valence-corrected chi connectivity index (χ4v) is 2.21. The van der Waals surface area contributed by atoms with Crippen LogP contribution < -0.4 is 11.1 Å². The van der Waals surface area contributed by atoms with Crippen LogP contribution >= 0.6 is 0 Å². The molecule has 112 valence electrons. The van der Waals surface area contributed by atoms with Crippen molar-refractivity contribution >= 4 is 22.8 Å². The van der Waals surface area contributed by atoms with Gasteiger partial charge in [-0.2, -0.15) is 5.10 Å². The number of hydrogen-bond acceptors (Lipinski definition) is 6. The molecule has 0 atom stereocenters. The minimum Gasteiger partial charge on any atom is -0.383 e. The molecule has 0 unspecified atom stereocenters. The Labute approximate surface area is 122 Å². The molecule has 0 spiro atoms. The normalized spacial score (nSPS) is 14.8. The maximum Gasteiger partial charge on any atom is 0.234 e. The largest absolute Gasteiger partial charge is 0.383 e. The second-order valence-electron chi connectivity index (χ2n) is 5.54. The van der Waals surface area contributed by atoms with Gasteiger partial charge >= 0.3 is 0 Å².